The number of nitrogens with zero attached hydrogens (tertiary/aromatic N) is 4. The molecule has 0 saturated carbocycles. The van der Waals surface area contributed by atoms with Crippen molar-refractivity contribution in [2.24, 2.45) is 0 Å². The molecule has 1 aliphatic rings. The maximum Gasteiger partial charge on any atom is 0.409 e. The molecular weight excluding hydrogens is 330 g/mol. The first kappa shape index (κ1) is 16.4. The number of anilines is 1. The van der Waals surface area contributed by atoms with Crippen LogP contribution in [-0.2, 0) is 4.74 Å². The molecule has 1 saturated heterocycles. The van der Waals surface area contributed by atoms with Gasteiger partial charge in [-0.3, -0.25) is 4.98 Å². The Morgan fingerprint density at radius 2 is 2.00 bits per heavy atom. The second kappa shape index (κ2) is 7.03. The van der Waals surface area contributed by atoms with Crippen LogP contribution in [0.3, 0.4) is 0 Å². The van der Waals surface area contributed by atoms with Crippen LogP contribution < -0.4 is 4.90 Å². The average Bonchev–Trinajstić information content (AvgIpc) is 3.13. The lowest BCUT2D eigenvalue weighted by Gasteiger charge is -2.35. The van der Waals surface area contributed by atoms with E-state index >= 15 is 0 Å². The third-order valence-electron chi connectivity index (χ3n) is 4.60. The minimum absolute atomic E-state index is 0.230. The zero-order valence-electron chi connectivity index (χ0n) is 14.7. The first-order valence-corrected chi connectivity index (χ1v) is 8.82. The number of carbonyl (C=O) groups excluding carboxylic acids is 1. The number of nitrogens with one attached hydrogen (secondary N) is 1. The molecule has 3 aromatic heterocycles. The normalized spacial score (nSPS) is 14.7. The fourth-order valence-electron chi connectivity index (χ4n) is 3.29. The molecule has 0 unspecified atom stereocenters. The van der Waals surface area contributed by atoms with Crippen molar-refractivity contribution in [1.29, 1.82) is 0 Å². The van der Waals surface area contributed by atoms with E-state index in [9.17, 15) is 4.79 Å². The Labute approximate surface area is 151 Å². The van der Waals surface area contributed by atoms with Crippen molar-refractivity contribution in [3.63, 3.8) is 0 Å². The van der Waals surface area contributed by atoms with Gasteiger partial charge in [0.2, 0.25) is 0 Å². The summed E-state index contributed by atoms with van der Waals surface area (Å²) in [6.07, 6.45) is 3.36. The number of rotatable bonds is 3. The number of aromatic amines is 1. The molecular formula is C19H21N5O2. The maximum absolute atomic E-state index is 11.9. The standard InChI is InChI=1S/C19H21N5O2/c1-2-26-19(25)24-11-9-23(10-12-24)17-6-8-21-18-14(17)13-16(22-18)15-5-3-4-7-20-15/h3-8,13H,2,9-12H2,1H3,(H,21,22). The van der Waals surface area contributed by atoms with E-state index in [1.807, 2.05) is 37.4 Å². The molecule has 7 heteroatoms. The van der Waals surface area contributed by atoms with Gasteiger partial charge in [0.05, 0.1) is 18.0 Å². The summed E-state index contributed by atoms with van der Waals surface area (Å²) in [6.45, 7) is 5.07. The number of fused-ring (bicyclic) bond motifs is 1. The number of hydrogen-bond donors (Lipinski definition) is 1. The number of ether oxygens (including phenoxy) is 1. The van der Waals surface area contributed by atoms with Gasteiger partial charge in [-0.1, -0.05) is 6.07 Å². The Morgan fingerprint density at radius 3 is 2.73 bits per heavy atom. The number of piperazine rings is 1. The van der Waals surface area contributed by atoms with Crippen LogP contribution in [-0.4, -0.2) is 58.7 Å². The van der Waals surface area contributed by atoms with Crippen molar-refractivity contribution in [2.75, 3.05) is 37.7 Å². The minimum Gasteiger partial charge on any atom is -0.450 e. The van der Waals surface area contributed by atoms with Gasteiger partial charge in [0.15, 0.2) is 0 Å². The molecule has 0 bridgehead atoms. The quantitative estimate of drug-likeness (QED) is 0.785. The molecule has 3 aromatic rings. The van der Waals surface area contributed by atoms with Gasteiger partial charge in [-0.2, -0.15) is 0 Å². The fraction of sp³-hybridized carbons (Fsp3) is 0.316. The number of amides is 1. The van der Waals surface area contributed by atoms with Crippen molar-refractivity contribution in [1.82, 2.24) is 19.9 Å². The molecule has 0 aliphatic carbocycles. The highest BCUT2D eigenvalue weighted by molar-refractivity contribution is 5.93. The van der Waals surface area contributed by atoms with E-state index in [-0.39, 0.29) is 6.09 Å². The van der Waals surface area contributed by atoms with Gasteiger partial charge in [0, 0.05) is 49.6 Å². The molecule has 1 N–H and O–H groups in total. The van der Waals surface area contributed by atoms with E-state index in [4.69, 9.17) is 4.74 Å². The molecule has 0 aromatic carbocycles. The van der Waals surface area contributed by atoms with E-state index < -0.39 is 0 Å². The molecule has 1 aliphatic heterocycles. The molecule has 26 heavy (non-hydrogen) atoms. The van der Waals surface area contributed by atoms with Gasteiger partial charge >= 0.3 is 6.09 Å². The molecule has 1 amide bonds. The van der Waals surface area contributed by atoms with Gasteiger partial charge < -0.3 is 19.5 Å². The third kappa shape index (κ3) is 3.08. The summed E-state index contributed by atoms with van der Waals surface area (Å²) in [5.41, 5.74) is 3.81. The smallest absolute Gasteiger partial charge is 0.409 e. The van der Waals surface area contributed by atoms with Gasteiger partial charge in [-0.15, -0.1) is 0 Å². The Kier molecular flexibility index (Phi) is 4.43. The largest absolute Gasteiger partial charge is 0.450 e. The molecule has 0 radical (unpaired) electrons. The predicted molar refractivity (Wildman–Crippen MR) is 100 cm³/mol. The molecule has 134 valence electrons. The summed E-state index contributed by atoms with van der Waals surface area (Å²) in [7, 11) is 0. The number of aromatic nitrogens is 3. The van der Waals surface area contributed by atoms with E-state index in [0.717, 1.165) is 41.2 Å². The van der Waals surface area contributed by atoms with Crippen LogP contribution in [0.4, 0.5) is 10.5 Å². The van der Waals surface area contributed by atoms with Crippen molar-refractivity contribution >= 4 is 22.8 Å². The fourth-order valence-corrected chi connectivity index (χ4v) is 3.29. The van der Waals surface area contributed by atoms with E-state index in [0.29, 0.717) is 19.7 Å². The lowest BCUT2D eigenvalue weighted by molar-refractivity contribution is 0.105. The molecule has 0 spiro atoms. The van der Waals surface area contributed by atoms with Gasteiger partial charge in [0.1, 0.15) is 5.65 Å². The molecule has 7 nitrogen and oxygen atoms in total. The number of hydrogen-bond acceptors (Lipinski definition) is 5. The van der Waals surface area contributed by atoms with Crippen molar-refractivity contribution in [2.45, 2.75) is 6.92 Å². The lowest BCUT2D eigenvalue weighted by atomic mass is 10.2. The summed E-state index contributed by atoms with van der Waals surface area (Å²) in [5, 5.41) is 1.07. The summed E-state index contributed by atoms with van der Waals surface area (Å²) in [6, 6.07) is 9.97. The molecule has 4 heterocycles. The van der Waals surface area contributed by atoms with Crippen LogP contribution in [0, 0.1) is 0 Å². The molecule has 1 fully saturated rings. The number of pyridine rings is 2. The van der Waals surface area contributed by atoms with Crippen molar-refractivity contribution < 1.29 is 9.53 Å². The van der Waals surface area contributed by atoms with Gasteiger partial charge in [0.25, 0.3) is 0 Å². The highest BCUT2D eigenvalue weighted by Crippen LogP contribution is 2.30. The monoisotopic (exact) mass is 351 g/mol. The first-order chi connectivity index (χ1) is 12.8. The predicted octanol–water partition coefficient (Wildman–Crippen LogP) is 2.90. The van der Waals surface area contributed by atoms with Crippen LogP contribution in [0.25, 0.3) is 22.4 Å². The topological polar surface area (TPSA) is 74.3 Å². The second-order valence-electron chi connectivity index (χ2n) is 6.16. The SMILES string of the molecule is CCOC(=O)N1CCN(c2ccnc3[nH]c(-c4ccccn4)cc23)CC1. The average molecular weight is 351 g/mol. The summed E-state index contributed by atoms with van der Waals surface area (Å²) in [5.74, 6) is 0. The first-order valence-electron chi connectivity index (χ1n) is 8.82. The minimum atomic E-state index is -0.230. The second-order valence-corrected chi connectivity index (χ2v) is 6.16. The van der Waals surface area contributed by atoms with Crippen LogP contribution in [0.1, 0.15) is 6.92 Å². The Morgan fingerprint density at radius 1 is 1.15 bits per heavy atom. The van der Waals surface area contributed by atoms with Crippen LogP contribution in [0.2, 0.25) is 0 Å². The zero-order valence-corrected chi connectivity index (χ0v) is 14.7. The van der Waals surface area contributed by atoms with Crippen molar-refractivity contribution in [3.8, 4) is 11.4 Å². The molecule has 0 atom stereocenters. The van der Waals surface area contributed by atoms with E-state index in [1.54, 1.807) is 11.1 Å². The number of H-pyrrole nitrogens is 1. The van der Waals surface area contributed by atoms with Crippen LogP contribution >= 0.6 is 0 Å². The van der Waals surface area contributed by atoms with Crippen molar-refractivity contribution in [3.05, 3.63) is 42.7 Å². The van der Waals surface area contributed by atoms with E-state index in [1.165, 1.54) is 0 Å². The third-order valence-corrected chi connectivity index (χ3v) is 4.60. The Bertz CT molecular complexity index is 901. The van der Waals surface area contributed by atoms with Crippen LogP contribution in [0.15, 0.2) is 42.7 Å². The molecule has 4 rings (SSSR count). The van der Waals surface area contributed by atoms with E-state index in [2.05, 4.69) is 25.9 Å². The van der Waals surface area contributed by atoms with Crippen LogP contribution in [0.5, 0.6) is 0 Å². The Hall–Kier alpha value is -3.09. The Balaban J connectivity index is 1.58. The summed E-state index contributed by atoms with van der Waals surface area (Å²) < 4.78 is 5.09. The number of carbonyl (C=O) groups is 1. The lowest BCUT2D eigenvalue weighted by Crippen LogP contribution is -2.49. The van der Waals surface area contributed by atoms with Gasteiger partial charge in [-0.05, 0) is 31.2 Å². The summed E-state index contributed by atoms with van der Waals surface area (Å²) >= 11 is 0. The highest BCUT2D eigenvalue weighted by atomic mass is 16.6. The highest BCUT2D eigenvalue weighted by Gasteiger charge is 2.23. The van der Waals surface area contributed by atoms with Gasteiger partial charge in [-0.25, -0.2) is 9.78 Å². The maximum atomic E-state index is 11.9. The summed E-state index contributed by atoms with van der Waals surface area (Å²) in [4.78, 5) is 28.1. The zero-order chi connectivity index (χ0) is 17.9.